The Labute approximate surface area is 163 Å². The zero-order chi connectivity index (χ0) is 17.6. The molecule has 3 aromatic rings. The van der Waals surface area contributed by atoms with Gasteiger partial charge in [-0.3, -0.25) is 4.79 Å². The molecule has 0 atom stereocenters. The van der Waals surface area contributed by atoms with Gasteiger partial charge in [-0.1, -0.05) is 47.3 Å². The highest BCUT2D eigenvalue weighted by molar-refractivity contribution is 8.00. The smallest absolute Gasteiger partial charge is 0.255 e. The molecule has 0 aliphatic rings. The predicted molar refractivity (Wildman–Crippen MR) is 107 cm³/mol. The van der Waals surface area contributed by atoms with Crippen molar-refractivity contribution in [2.45, 2.75) is 15.2 Å². The number of anilines is 1. The number of carbonyl (C=O) groups is 1. The first kappa shape index (κ1) is 18.3. The van der Waals surface area contributed by atoms with Gasteiger partial charge in [0.05, 0.1) is 0 Å². The van der Waals surface area contributed by atoms with Crippen LogP contribution in [0.1, 0.15) is 15.9 Å². The minimum absolute atomic E-state index is 0.143. The number of halogens is 1. The van der Waals surface area contributed by atoms with E-state index in [2.05, 4.69) is 14.7 Å². The van der Waals surface area contributed by atoms with Crippen LogP contribution in [0.25, 0.3) is 0 Å². The van der Waals surface area contributed by atoms with E-state index in [-0.39, 0.29) is 5.91 Å². The zero-order valence-corrected chi connectivity index (χ0v) is 16.4. The van der Waals surface area contributed by atoms with Crippen molar-refractivity contribution < 1.29 is 4.79 Å². The molecule has 0 saturated heterocycles. The molecule has 0 aliphatic carbocycles. The first-order valence-electron chi connectivity index (χ1n) is 7.30. The molecule has 0 aliphatic heterocycles. The van der Waals surface area contributed by atoms with E-state index in [4.69, 9.17) is 11.6 Å². The fourth-order valence-electron chi connectivity index (χ4n) is 1.97. The van der Waals surface area contributed by atoms with Gasteiger partial charge in [0.2, 0.25) is 5.16 Å². The van der Waals surface area contributed by atoms with Crippen LogP contribution in [-0.4, -0.2) is 21.5 Å². The predicted octanol–water partition coefficient (Wildman–Crippen LogP) is 5.46. The van der Waals surface area contributed by atoms with Gasteiger partial charge < -0.3 is 5.32 Å². The van der Waals surface area contributed by atoms with Crippen LogP contribution in [0, 0.1) is 0 Å². The summed E-state index contributed by atoms with van der Waals surface area (Å²) in [5.41, 5.74) is 2.47. The molecule has 3 rings (SSSR count). The maximum absolute atomic E-state index is 12.3. The Bertz CT molecular complexity index is 850. The van der Waals surface area contributed by atoms with Crippen LogP contribution >= 0.6 is 46.7 Å². The van der Waals surface area contributed by atoms with Crippen molar-refractivity contribution in [2.75, 3.05) is 11.6 Å². The summed E-state index contributed by atoms with van der Waals surface area (Å²) in [6.07, 6.45) is 1.96. The van der Waals surface area contributed by atoms with Crippen LogP contribution in [0.4, 0.5) is 5.69 Å². The van der Waals surface area contributed by atoms with E-state index < -0.39 is 0 Å². The minimum atomic E-state index is -0.143. The van der Waals surface area contributed by atoms with Gasteiger partial charge >= 0.3 is 0 Å². The number of rotatable bonds is 6. The number of hydrogen-bond acceptors (Lipinski definition) is 6. The van der Waals surface area contributed by atoms with Gasteiger partial charge in [0.1, 0.15) is 0 Å². The number of thioether (sulfide) groups is 2. The van der Waals surface area contributed by atoms with E-state index >= 15 is 0 Å². The summed E-state index contributed by atoms with van der Waals surface area (Å²) in [4.78, 5) is 16.7. The van der Waals surface area contributed by atoms with Crippen LogP contribution in [0.3, 0.4) is 0 Å². The number of hydrogen-bond donors (Lipinski definition) is 1. The highest BCUT2D eigenvalue weighted by Crippen LogP contribution is 2.26. The molecule has 0 bridgehead atoms. The molecule has 1 heterocycles. The molecule has 128 valence electrons. The van der Waals surface area contributed by atoms with Crippen molar-refractivity contribution in [3.05, 3.63) is 64.7 Å². The minimum Gasteiger partial charge on any atom is -0.322 e. The molecule has 8 heteroatoms. The second kappa shape index (κ2) is 8.71. The van der Waals surface area contributed by atoms with Crippen LogP contribution in [0.15, 0.2) is 58.0 Å². The zero-order valence-electron chi connectivity index (χ0n) is 13.2. The summed E-state index contributed by atoms with van der Waals surface area (Å²) in [6.45, 7) is 0. The van der Waals surface area contributed by atoms with Crippen molar-refractivity contribution in [2.24, 2.45) is 0 Å². The van der Waals surface area contributed by atoms with Crippen LogP contribution in [0.5, 0.6) is 0 Å². The highest BCUT2D eigenvalue weighted by Gasteiger charge is 2.07. The summed E-state index contributed by atoms with van der Waals surface area (Å²) >= 11 is 10.4. The SMILES string of the molecule is CSc1nsc(SCc2ccc(C(=O)Nc3ccc(Cl)cc3)cc2)n1. The first-order chi connectivity index (χ1) is 12.1. The molecule has 1 N–H and O–H groups in total. The second-order valence-electron chi connectivity index (χ2n) is 4.99. The van der Waals surface area contributed by atoms with Gasteiger partial charge in [-0.15, -0.1) is 0 Å². The third kappa shape index (κ3) is 5.22. The van der Waals surface area contributed by atoms with Crippen molar-refractivity contribution in [3.8, 4) is 0 Å². The van der Waals surface area contributed by atoms with E-state index in [9.17, 15) is 4.79 Å². The number of benzene rings is 2. The number of amides is 1. The Kier molecular flexibility index (Phi) is 6.36. The van der Waals surface area contributed by atoms with Crippen LogP contribution in [-0.2, 0) is 5.75 Å². The van der Waals surface area contributed by atoms with Gasteiger partial charge in [-0.25, -0.2) is 4.98 Å². The molecule has 0 fully saturated rings. The molecular weight excluding hydrogens is 394 g/mol. The summed E-state index contributed by atoms with van der Waals surface area (Å²) in [5, 5.41) is 4.30. The lowest BCUT2D eigenvalue weighted by molar-refractivity contribution is 0.102. The largest absolute Gasteiger partial charge is 0.322 e. The summed E-state index contributed by atoms with van der Waals surface area (Å²) in [6, 6.07) is 14.6. The van der Waals surface area contributed by atoms with Crippen molar-refractivity contribution in [3.63, 3.8) is 0 Å². The van der Waals surface area contributed by atoms with Gasteiger partial charge in [0, 0.05) is 22.0 Å². The molecule has 2 aromatic carbocycles. The van der Waals surface area contributed by atoms with Gasteiger partial charge in [-0.05, 0) is 59.7 Å². The third-order valence-corrected chi connectivity index (χ3v) is 6.07. The first-order valence-corrected chi connectivity index (χ1v) is 10.7. The molecule has 0 radical (unpaired) electrons. The van der Waals surface area contributed by atoms with E-state index in [1.54, 1.807) is 47.8 Å². The number of nitrogens with zero attached hydrogens (tertiary/aromatic N) is 2. The number of carbonyl (C=O) groups excluding carboxylic acids is 1. The molecule has 4 nitrogen and oxygen atoms in total. The Balaban J connectivity index is 1.57. The van der Waals surface area contributed by atoms with Crippen molar-refractivity contribution in [1.29, 1.82) is 0 Å². The molecule has 1 aromatic heterocycles. The highest BCUT2D eigenvalue weighted by atomic mass is 35.5. The number of nitrogens with one attached hydrogen (secondary N) is 1. The topological polar surface area (TPSA) is 54.9 Å². The van der Waals surface area contributed by atoms with Gasteiger partial charge in [0.15, 0.2) is 4.34 Å². The molecule has 1 amide bonds. The monoisotopic (exact) mass is 407 g/mol. The summed E-state index contributed by atoms with van der Waals surface area (Å²) < 4.78 is 5.19. The maximum atomic E-state index is 12.3. The summed E-state index contributed by atoms with van der Waals surface area (Å²) in [7, 11) is 0. The second-order valence-corrected chi connectivity index (χ2v) is 8.18. The fourth-order valence-corrected chi connectivity index (χ4v) is 4.26. The van der Waals surface area contributed by atoms with E-state index in [0.717, 1.165) is 26.5 Å². The number of aromatic nitrogens is 2. The van der Waals surface area contributed by atoms with E-state index in [1.807, 2.05) is 30.5 Å². The lowest BCUT2D eigenvalue weighted by Crippen LogP contribution is -2.11. The Morgan fingerprint density at radius 1 is 1.16 bits per heavy atom. The Hall–Kier alpha value is -1.54. The lowest BCUT2D eigenvalue weighted by Gasteiger charge is -2.06. The molecular formula is C17H14ClN3OS3. The molecule has 25 heavy (non-hydrogen) atoms. The molecule has 0 unspecified atom stereocenters. The lowest BCUT2D eigenvalue weighted by atomic mass is 10.1. The van der Waals surface area contributed by atoms with Crippen LogP contribution in [0.2, 0.25) is 5.02 Å². The normalized spacial score (nSPS) is 10.6. The summed E-state index contributed by atoms with van der Waals surface area (Å²) in [5.74, 6) is 0.650. The molecule has 0 spiro atoms. The van der Waals surface area contributed by atoms with Gasteiger partial charge in [0.25, 0.3) is 5.91 Å². The Morgan fingerprint density at radius 2 is 1.88 bits per heavy atom. The van der Waals surface area contributed by atoms with Crippen molar-refractivity contribution >= 4 is 58.3 Å². The standard InChI is InChI=1S/C17H14ClN3OS3/c1-23-16-20-17(25-21-16)24-10-11-2-4-12(5-3-11)15(22)19-14-8-6-13(18)7-9-14/h2-9H,10H2,1H3,(H,19,22). The average molecular weight is 408 g/mol. The maximum Gasteiger partial charge on any atom is 0.255 e. The van der Waals surface area contributed by atoms with Crippen LogP contribution < -0.4 is 5.32 Å². The Morgan fingerprint density at radius 3 is 2.52 bits per heavy atom. The fraction of sp³-hybridized carbons (Fsp3) is 0.118. The molecule has 0 saturated carbocycles. The van der Waals surface area contributed by atoms with Crippen molar-refractivity contribution in [1.82, 2.24) is 9.36 Å². The van der Waals surface area contributed by atoms with E-state index in [1.165, 1.54) is 11.5 Å². The quantitative estimate of drug-likeness (QED) is 0.550. The third-order valence-electron chi connectivity index (χ3n) is 3.25. The average Bonchev–Trinajstić information content (AvgIpc) is 3.10. The van der Waals surface area contributed by atoms with E-state index in [0.29, 0.717) is 10.6 Å². The van der Waals surface area contributed by atoms with Gasteiger partial charge in [-0.2, -0.15) is 4.37 Å².